The smallest absolute Gasteiger partial charge is 0.376 e. The third-order valence-corrected chi connectivity index (χ3v) is 6.21. The van der Waals surface area contributed by atoms with E-state index in [-0.39, 0.29) is 30.4 Å². The van der Waals surface area contributed by atoms with Gasteiger partial charge in [0.05, 0.1) is 12.1 Å². The van der Waals surface area contributed by atoms with E-state index in [2.05, 4.69) is 31.6 Å². The highest BCUT2D eigenvalue weighted by atomic mass is 19.4. The van der Waals surface area contributed by atoms with Crippen molar-refractivity contribution >= 4 is 29.1 Å². The van der Waals surface area contributed by atoms with Crippen LogP contribution in [0.25, 0.3) is 11.1 Å². The van der Waals surface area contributed by atoms with Crippen LogP contribution in [0.4, 0.5) is 35.2 Å². The van der Waals surface area contributed by atoms with Crippen molar-refractivity contribution in [3.8, 4) is 11.1 Å². The Labute approximate surface area is 224 Å². The maximum Gasteiger partial charge on any atom is 0.416 e. The number of nitrogens with one attached hydrogen (secondary N) is 5. The van der Waals surface area contributed by atoms with Crippen LogP contribution in [0.1, 0.15) is 11.1 Å². The number of carbonyl (C=O) groups is 2. The van der Waals surface area contributed by atoms with Crippen molar-refractivity contribution in [1.82, 2.24) is 20.5 Å². The summed E-state index contributed by atoms with van der Waals surface area (Å²) in [6.45, 7) is 2.94. The lowest BCUT2D eigenvalue weighted by molar-refractivity contribution is -0.138. The molecule has 206 valence electrons. The summed E-state index contributed by atoms with van der Waals surface area (Å²) in [5.41, 5.74) is 1.92. The molecule has 4 rings (SSSR count). The average Bonchev–Trinajstić information content (AvgIpc) is 2.93. The van der Waals surface area contributed by atoms with Crippen molar-refractivity contribution in [2.75, 3.05) is 55.7 Å². The molecule has 3 amide bonds. The van der Waals surface area contributed by atoms with Crippen LogP contribution in [0.5, 0.6) is 0 Å². The first-order chi connectivity index (χ1) is 18.7. The minimum atomic E-state index is -4.53. The van der Waals surface area contributed by atoms with Crippen LogP contribution in [-0.2, 0) is 17.5 Å². The summed E-state index contributed by atoms with van der Waals surface area (Å²) < 4.78 is 41.3. The van der Waals surface area contributed by atoms with Crippen molar-refractivity contribution in [3.05, 3.63) is 71.9 Å². The summed E-state index contributed by atoms with van der Waals surface area (Å²) in [4.78, 5) is 30.0. The van der Waals surface area contributed by atoms with Crippen LogP contribution >= 0.6 is 0 Å². The van der Waals surface area contributed by atoms with Gasteiger partial charge in [0.2, 0.25) is 5.91 Å². The summed E-state index contributed by atoms with van der Waals surface area (Å²) in [5, 5.41) is 13.7. The van der Waals surface area contributed by atoms with Crippen LogP contribution in [0, 0.1) is 0 Å². The van der Waals surface area contributed by atoms with Crippen LogP contribution < -0.4 is 26.6 Å². The van der Waals surface area contributed by atoms with Gasteiger partial charge in [0, 0.05) is 62.9 Å². The first-order valence-electron chi connectivity index (χ1n) is 12.4. The zero-order valence-corrected chi connectivity index (χ0v) is 21.4. The molecule has 0 radical (unpaired) electrons. The second-order valence-electron chi connectivity index (χ2n) is 9.01. The van der Waals surface area contributed by atoms with E-state index < -0.39 is 17.6 Å². The Balaban J connectivity index is 1.33. The molecule has 0 aliphatic carbocycles. The van der Waals surface area contributed by atoms with E-state index in [0.717, 1.165) is 30.3 Å². The number of nitrogens with zero attached hydrogens (tertiary/aromatic N) is 2. The molecule has 3 aromatic rings. The molecule has 0 saturated carbocycles. The Morgan fingerprint density at radius 2 is 1.64 bits per heavy atom. The number of amides is 3. The van der Waals surface area contributed by atoms with Crippen molar-refractivity contribution in [2.45, 2.75) is 12.7 Å². The van der Waals surface area contributed by atoms with Crippen molar-refractivity contribution in [2.24, 2.45) is 0 Å². The van der Waals surface area contributed by atoms with Gasteiger partial charge >= 0.3 is 12.2 Å². The first kappa shape index (κ1) is 27.9. The SMILES string of the molecule is CNC(=O)Nc1ccc(-c2ccc(NCC(=O)Nc3ccc(CN4CCNCC4)c(C(F)(F)F)c3)cc2)cn1. The minimum Gasteiger partial charge on any atom is -0.376 e. The number of pyridine rings is 1. The Kier molecular flexibility index (Phi) is 8.99. The maximum atomic E-state index is 13.8. The number of piperazine rings is 1. The largest absolute Gasteiger partial charge is 0.416 e. The van der Waals surface area contributed by atoms with Gasteiger partial charge in [-0.2, -0.15) is 13.2 Å². The number of rotatable bonds is 8. The molecule has 5 N–H and O–H groups in total. The molecule has 2 aromatic carbocycles. The van der Waals surface area contributed by atoms with Crippen LogP contribution in [0.3, 0.4) is 0 Å². The van der Waals surface area contributed by atoms with Gasteiger partial charge in [-0.05, 0) is 47.5 Å². The molecule has 0 bridgehead atoms. The van der Waals surface area contributed by atoms with Gasteiger partial charge in [-0.15, -0.1) is 0 Å². The zero-order chi connectivity index (χ0) is 27.8. The van der Waals surface area contributed by atoms with E-state index in [4.69, 9.17) is 0 Å². The predicted octanol–water partition coefficient (Wildman–Crippen LogP) is 3.97. The minimum absolute atomic E-state index is 0.0930. The highest BCUT2D eigenvalue weighted by Crippen LogP contribution is 2.34. The third-order valence-electron chi connectivity index (χ3n) is 6.21. The molecule has 1 aromatic heterocycles. The Morgan fingerprint density at radius 1 is 0.949 bits per heavy atom. The van der Waals surface area contributed by atoms with Gasteiger partial charge in [-0.3, -0.25) is 15.0 Å². The van der Waals surface area contributed by atoms with Crippen molar-refractivity contribution < 1.29 is 22.8 Å². The van der Waals surface area contributed by atoms with E-state index in [1.807, 2.05) is 23.1 Å². The number of urea groups is 1. The molecular weight excluding hydrogens is 511 g/mol. The highest BCUT2D eigenvalue weighted by Gasteiger charge is 2.34. The molecule has 1 aliphatic rings. The normalized spacial score (nSPS) is 13.9. The molecule has 0 spiro atoms. The second kappa shape index (κ2) is 12.6. The summed E-state index contributed by atoms with van der Waals surface area (Å²) in [7, 11) is 1.51. The molecule has 9 nitrogen and oxygen atoms in total. The zero-order valence-electron chi connectivity index (χ0n) is 21.4. The van der Waals surface area contributed by atoms with E-state index in [0.29, 0.717) is 24.6 Å². The van der Waals surface area contributed by atoms with Gasteiger partial charge < -0.3 is 21.3 Å². The molecule has 39 heavy (non-hydrogen) atoms. The summed E-state index contributed by atoms with van der Waals surface area (Å²) >= 11 is 0. The predicted molar refractivity (Wildman–Crippen MR) is 144 cm³/mol. The molecular formula is C27H30F3N7O2. The number of benzene rings is 2. The summed E-state index contributed by atoms with van der Waals surface area (Å²) in [5.74, 6) is -0.0515. The maximum absolute atomic E-state index is 13.8. The van der Waals surface area contributed by atoms with Gasteiger partial charge in [0.25, 0.3) is 0 Å². The fraction of sp³-hybridized carbons (Fsp3) is 0.296. The van der Waals surface area contributed by atoms with E-state index >= 15 is 0 Å². The number of halogens is 3. The topological polar surface area (TPSA) is 110 Å². The third kappa shape index (κ3) is 7.91. The Hall–Kier alpha value is -4.16. The number of aromatic nitrogens is 1. The number of hydrogen-bond acceptors (Lipinski definition) is 6. The molecule has 2 heterocycles. The summed E-state index contributed by atoms with van der Waals surface area (Å²) in [6.07, 6.45) is -2.90. The van der Waals surface area contributed by atoms with Gasteiger partial charge in [0.15, 0.2) is 0 Å². The van der Waals surface area contributed by atoms with Gasteiger partial charge in [0.1, 0.15) is 5.82 Å². The van der Waals surface area contributed by atoms with Crippen LogP contribution in [-0.4, -0.2) is 61.6 Å². The molecule has 0 unspecified atom stereocenters. The summed E-state index contributed by atoms with van der Waals surface area (Å²) in [6, 6.07) is 14.3. The Morgan fingerprint density at radius 3 is 2.28 bits per heavy atom. The quantitative estimate of drug-likeness (QED) is 0.295. The molecule has 1 aliphatic heterocycles. The number of alkyl halides is 3. The van der Waals surface area contributed by atoms with E-state index in [1.165, 1.54) is 19.2 Å². The number of carbonyl (C=O) groups excluding carboxylic acids is 2. The van der Waals surface area contributed by atoms with Crippen LogP contribution in [0.15, 0.2) is 60.8 Å². The lowest BCUT2D eigenvalue weighted by Gasteiger charge is -2.28. The van der Waals surface area contributed by atoms with Gasteiger partial charge in [-0.25, -0.2) is 9.78 Å². The van der Waals surface area contributed by atoms with Crippen molar-refractivity contribution in [1.29, 1.82) is 0 Å². The molecule has 12 heteroatoms. The van der Waals surface area contributed by atoms with Crippen LogP contribution in [0.2, 0.25) is 0 Å². The molecule has 1 fully saturated rings. The van der Waals surface area contributed by atoms with E-state index in [1.54, 1.807) is 24.4 Å². The molecule has 1 saturated heterocycles. The second-order valence-corrected chi connectivity index (χ2v) is 9.01. The first-order valence-corrected chi connectivity index (χ1v) is 12.4. The number of anilines is 3. The monoisotopic (exact) mass is 541 g/mol. The fourth-order valence-corrected chi connectivity index (χ4v) is 4.15. The van der Waals surface area contributed by atoms with Crippen molar-refractivity contribution in [3.63, 3.8) is 0 Å². The number of hydrogen-bond donors (Lipinski definition) is 5. The average molecular weight is 542 g/mol. The lowest BCUT2D eigenvalue weighted by atomic mass is 10.0. The fourth-order valence-electron chi connectivity index (χ4n) is 4.15. The highest BCUT2D eigenvalue weighted by molar-refractivity contribution is 5.94. The molecule has 0 atom stereocenters. The standard InChI is InChI=1S/C27H30F3N7O2/c1-31-26(39)36-24-9-5-19(15-34-24)18-2-6-21(7-3-18)33-16-25(38)35-22-8-4-20(23(14-22)27(28,29)30)17-37-12-10-32-11-13-37/h2-9,14-15,32-33H,10-13,16-17H2,1H3,(H,35,38)(H2,31,34,36,39). The Bertz CT molecular complexity index is 1280. The lowest BCUT2D eigenvalue weighted by Crippen LogP contribution is -2.43. The van der Waals surface area contributed by atoms with E-state index in [9.17, 15) is 22.8 Å². The van der Waals surface area contributed by atoms with Gasteiger partial charge in [-0.1, -0.05) is 18.2 Å².